The lowest BCUT2D eigenvalue weighted by molar-refractivity contribution is -0.385. The van der Waals surface area contributed by atoms with E-state index in [1.165, 1.54) is 12.1 Å². The number of anilines is 3. The van der Waals surface area contributed by atoms with Gasteiger partial charge in [-0.1, -0.05) is 19.1 Å². The summed E-state index contributed by atoms with van der Waals surface area (Å²) in [7, 11) is 2.11. The molecule has 0 saturated carbocycles. The topological polar surface area (TPSA) is 140 Å². The first-order valence-corrected chi connectivity index (χ1v) is 11.3. The molecule has 1 aliphatic heterocycles. The molecule has 11 heteroatoms. The van der Waals surface area contributed by atoms with E-state index in [0.29, 0.717) is 17.8 Å². The predicted octanol–water partition coefficient (Wildman–Crippen LogP) is 3.33. The van der Waals surface area contributed by atoms with Crippen molar-refractivity contribution in [2.75, 3.05) is 43.4 Å². The van der Waals surface area contributed by atoms with Gasteiger partial charge in [0.15, 0.2) is 11.5 Å². The van der Waals surface area contributed by atoms with Gasteiger partial charge in [-0.2, -0.15) is 4.98 Å². The van der Waals surface area contributed by atoms with Crippen LogP contribution in [0.3, 0.4) is 0 Å². The molecular formula is C24H27N7O4. The van der Waals surface area contributed by atoms with Gasteiger partial charge in [-0.25, -0.2) is 4.98 Å². The van der Waals surface area contributed by atoms with E-state index in [2.05, 4.69) is 32.1 Å². The van der Waals surface area contributed by atoms with E-state index in [-0.39, 0.29) is 28.8 Å². The van der Waals surface area contributed by atoms with Crippen LogP contribution in [0, 0.1) is 10.1 Å². The van der Waals surface area contributed by atoms with Crippen LogP contribution in [0.2, 0.25) is 0 Å². The monoisotopic (exact) mass is 477 g/mol. The van der Waals surface area contributed by atoms with Crippen molar-refractivity contribution in [3.05, 3.63) is 70.0 Å². The largest absolute Gasteiger partial charge is 0.430 e. The highest BCUT2D eigenvalue weighted by atomic mass is 16.6. The van der Waals surface area contributed by atoms with E-state index in [9.17, 15) is 14.9 Å². The Balaban J connectivity index is 1.63. The molecule has 0 radical (unpaired) electrons. The van der Waals surface area contributed by atoms with Crippen LogP contribution in [0.4, 0.5) is 22.9 Å². The number of nitro benzene ring substituents is 1. The molecule has 1 aliphatic rings. The highest BCUT2D eigenvalue weighted by Gasteiger charge is 2.22. The van der Waals surface area contributed by atoms with Crippen LogP contribution in [0.1, 0.15) is 23.1 Å². The van der Waals surface area contributed by atoms with Crippen molar-refractivity contribution >= 4 is 28.8 Å². The van der Waals surface area contributed by atoms with Gasteiger partial charge in [-0.3, -0.25) is 14.9 Å². The second-order valence-corrected chi connectivity index (χ2v) is 8.18. The molecule has 0 unspecified atom stereocenters. The lowest BCUT2D eigenvalue weighted by atomic mass is 10.2. The Labute approximate surface area is 202 Å². The van der Waals surface area contributed by atoms with Crippen molar-refractivity contribution in [3.63, 3.8) is 0 Å². The second kappa shape index (κ2) is 10.3. The third-order valence-corrected chi connectivity index (χ3v) is 5.77. The molecule has 0 aliphatic carbocycles. The third kappa shape index (κ3) is 5.46. The third-order valence-electron chi connectivity index (χ3n) is 5.77. The molecule has 2 heterocycles. The van der Waals surface area contributed by atoms with E-state index in [1.54, 1.807) is 12.1 Å². The number of para-hydroxylation sites is 2. The fourth-order valence-electron chi connectivity index (χ4n) is 3.78. The Morgan fingerprint density at radius 2 is 1.80 bits per heavy atom. The first-order chi connectivity index (χ1) is 16.9. The molecule has 2 aromatic carbocycles. The van der Waals surface area contributed by atoms with Gasteiger partial charge in [-0.05, 0) is 43.8 Å². The first-order valence-electron chi connectivity index (χ1n) is 11.3. The Kier molecular flexibility index (Phi) is 7.06. The summed E-state index contributed by atoms with van der Waals surface area (Å²) in [5.41, 5.74) is 7.46. The van der Waals surface area contributed by atoms with E-state index in [0.717, 1.165) is 31.9 Å². The fraction of sp³-hybridized carbons (Fsp3) is 0.292. The zero-order valence-corrected chi connectivity index (χ0v) is 19.6. The number of amides is 1. The maximum atomic E-state index is 12.1. The summed E-state index contributed by atoms with van der Waals surface area (Å²) in [4.78, 5) is 36.4. The number of nitrogens with two attached hydrogens (primary N) is 1. The summed E-state index contributed by atoms with van der Waals surface area (Å²) in [6, 6.07) is 13.8. The molecule has 35 heavy (non-hydrogen) atoms. The van der Waals surface area contributed by atoms with Crippen LogP contribution < -0.4 is 20.7 Å². The van der Waals surface area contributed by atoms with Gasteiger partial charge in [0.2, 0.25) is 11.6 Å². The van der Waals surface area contributed by atoms with Gasteiger partial charge in [0, 0.05) is 43.6 Å². The van der Waals surface area contributed by atoms with Crippen LogP contribution in [-0.2, 0) is 6.42 Å². The number of piperazine rings is 1. The number of ether oxygens (including phenoxy) is 1. The molecule has 0 bridgehead atoms. The number of rotatable bonds is 8. The summed E-state index contributed by atoms with van der Waals surface area (Å²) >= 11 is 0. The zero-order chi connectivity index (χ0) is 24.9. The van der Waals surface area contributed by atoms with Crippen LogP contribution in [0.25, 0.3) is 0 Å². The average molecular weight is 478 g/mol. The van der Waals surface area contributed by atoms with E-state index in [1.807, 2.05) is 31.2 Å². The standard InChI is InChI=1S/C24H27N7O4/c1-3-18-24(35-20-7-5-4-6-19(20)31(33)34)28-23(21(27-18)22(25)32)26-16-8-10-17(11-9-16)30-14-12-29(2)13-15-30/h4-11H,3,12-15H2,1-2H3,(H2,25,32)(H,26,28). The van der Waals surface area contributed by atoms with Crippen molar-refractivity contribution in [1.29, 1.82) is 0 Å². The number of hydrogen-bond acceptors (Lipinski definition) is 9. The number of aromatic nitrogens is 2. The molecule has 3 aromatic rings. The molecule has 4 rings (SSSR count). The molecule has 0 spiro atoms. The summed E-state index contributed by atoms with van der Waals surface area (Å²) in [5, 5.41) is 14.5. The first kappa shape index (κ1) is 23.9. The molecule has 1 fully saturated rings. The maximum absolute atomic E-state index is 12.1. The molecular weight excluding hydrogens is 450 g/mol. The highest BCUT2D eigenvalue weighted by Crippen LogP contribution is 2.33. The lowest BCUT2D eigenvalue weighted by Gasteiger charge is -2.34. The van der Waals surface area contributed by atoms with E-state index < -0.39 is 10.8 Å². The van der Waals surface area contributed by atoms with Crippen molar-refractivity contribution < 1.29 is 14.5 Å². The number of nitro groups is 1. The number of likely N-dealkylation sites (N-methyl/N-ethyl adjacent to an activating group) is 1. The van der Waals surface area contributed by atoms with E-state index in [4.69, 9.17) is 10.5 Å². The summed E-state index contributed by atoms with van der Waals surface area (Å²) in [6.07, 6.45) is 0.378. The van der Waals surface area contributed by atoms with Gasteiger partial charge < -0.3 is 25.6 Å². The molecule has 182 valence electrons. The smallest absolute Gasteiger partial charge is 0.311 e. The molecule has 1 amide bonds. The molecule has 1 aromatic heterocycles. The highest BCUT2D eigenvalue weighted by molar-refractivity contribution is 5.96. The second-order valence-electron chi connectivity index (χ2n) is 8.18. The minimum Gasteiger partial charge on any atom is -0.430 e. The summed E-state index contributed by atoms with van der Waals surface area (Å²) in [6.45, 7) is 5.72. The van der Waals surface area contributed by atoms with Gasteiger partial charge in [0.25, 0.3) is 5.91 Å². The number of benzene rings is 2. The normalized spacial score (nSPS) is 13.9. The van der Waals surface area contributed by atoms with Crippen molar-refractivity contribution in [2.24, 2.45) is 5.73 Å². The van der Waals surface area contributed by atoms with Crippen molar-refractivity contribution in [2.45, 2.75) is 13.3 Å². The zero-order valence-electron chi connectivity index (χ0n) is 19.6. The number of carbonyl (C=O) groups excluding carboxylic acids is 1. The van der Waals surface area contributed by atoms with Crippen molar-refractivity contribution in [1.82, 2.24) is 14.9 Å². The number of aryl methyl sites for hydroxylation is 1. The quantitative estimate of drug-likeness (QED) is 0.369. The molecule has 11 nitrogen and oxygen atoms in total. The summed E-state index contributed by atoms with van der Waals surface area (Å²) in [5.74, 6) is -0.559. The lowest BCUT2D eigenvalue weighted by Crippen LogP contribution is -2.44. The minimum absolute atomic E-state index is 0.0239. The number of carbonyl (C=O) groups is 1. The molecule has 0 atom stereocenters. The maximum Gasteiger partial charge on any atom is 0.311 e. The van der Waals surface area contributed by atoms with Crippen molar-refractivity contribution in [3.8, 4) is 11.6 Å². The SMILES string of the molecule is CCc1nc(C(N)=O)c(Nc2ccc(N3CCN(C)CC3)cc2)nc1Oc1ccccc1[N+](=O)[O-]. The van der Waals surface area contributed by atoms with Gasteiger partial charge in [-0.15, -0.1) is 0 Å². The number of nitrogens with zero attached hydrogens (tertiary/aromatic N) is 5. The summed E-state index contributed by atoms with van der Waals surface area (Å²) < 4.78 is 5.80. The Bertz CT molecular complexity index is 1230. The van der Waals surface area contributed by atoms with Crippen LogP contribution in [0.5, 0.6) is 11.6 Å². The number of primary amides is 1. The predicted molar refractivity (Wildman–Crippen MR) is 133 cm³/mol. The number of hydrogen-bond donors (Lipinski definition) is 2. The van der Waals surface area contributed by atoms with Gasteiger partial charge >= 0.3 is 5.69 Å². The number of nitrogens with one attached hydrogen (secondary N) is 1. The van der Waals surface area contributed by atoms with Crippen LogP contribution in [-0.4, -0.2) is 58.9 Å². The Morgan fingerprint density at radius 3 is 2.43 bits per heavy atom. The minimum atomic E-state index is -0.749. The van der Waals surface area contributed by atoms with Gasteiger partial charge in [0.1, 0.15) is 5.69 Å². The Hall–Kier alpha value is -4.25. The Morgan fingerprint density at radius 1 is 1.11 bits per heavy atom. The van der Waals surface area contributed by atoms with Gasteiger partial charge in [0.05, 0.1) is 4.92 Å². The van der Waals surface area contributed by atoms with E-state index >= 15 is 0 Å². The van der Waals surface area contributed by atoms with Crippen LogP contribution in [0.15, 0.2) is 48.5 Å². The van der Waals surface area contributed by atoms with Crippen LogP contribution >= 0.6 is 0 Å². The molecule has 1 saturated heterocycles. The fourth-order valence-corrected chi connectivity index (χ4v) is 3.78. The average Bonchev–Trinajstić information content (AvgIpc) is 2.85. The molecule has 3 N–H and O–H groups in total.